The van der Waals surface area contributed by atoms with Gasteiger partial charge in [0.1, 0.15) is 0 Å². The second kappa shape index (κ2) is 35.6. The van der Waals surface area contributed by atoms with Gasteiger partial charge in [-0.05, 0) is 128 Å². The molecule has 0 bridgehead atoms. The molecule has 468 valence electrons. The van der Waals surface area contributed by atoms with Crippen LogP contribution in [0, 0.1) is 243 Å². The monoisotopic (exact) mass is 1860 g/mol. The Morgan fingerprint density at radius 1 is 0.238 bits per heavy atom. The first-order chi connectivity index (χ1) is 35.3. The Balaban J connectivity index is -0.000000492. The maximum atomic E-state index is 14.4. The number of aryl methyl sites for hydroxylation is 12. The third-order valence-corrected chi connectivity index (χ3v) is 15.9. The third kappa shape index (κ3) is 18.9. The van der Waals surface area contributed by atoms with Crippen LogP contribution in [-0.4, -0.2) is 19.9 Å². The Bertz CT molecular complexity index is 3030. The van der Waals surface area contributed by atoms with Gasteiger partial charge in [-0.2, -0.15) is 0 Å². The van der Waals surface area contributed by atoms with E-state index in [1.165, 1.54) is 51.4 Å². The van der Waals surface area contributed by atoms with E-state index in [-0.39, 0.29) is 133 Å². The molecule has 0 fully saturated rings. The number of benzene rings is 4. The molecule has 0 aliphatic rings. The predicted octanol–water partition coefficient (Wildman–Crippen LogP) is 19.9. The Labute approximate surface area is 560 Å². The van der Waals surface area contributed by atoms with Crippen molar-refractivity contribution in [2.45, 2.75) is 166 Å². The minimum absolute atomic E-state index is 0. The van der Waals surface area contributed by atoms with Crippen LogP contribution >= 0.6 is 0 Å². The molecule has 4 aromatic heterocycles. The Morgan fingerprint density at radius 3 is 0.762 bits per heavy atom. The molecule has 0 saturated heterocycles. The van der Waals surface area contributed by atoms with E-state index < -0.39 is 11.6 Å². The summed E-state index contributed by atoms with van der Waals surface area (Å²) >= 11 is 0. The average Bonchev–Trinajstić information content (AvgIpc) is 3.37. The fourth-order valence-electron chi connectivity index (χ4n) is 8.89. The van der Waals surface area contributed by atoms with E-state index in [2.05, 4.69) is 114 Å². The molecule has 0 aliphatic heterocycles. The van der Waals surface area contributed by atoms with Gasteiger partial charge in [0.05, 0.1) is 0 Å². The summed E-state index contributed by atoms with van der Waals surface area (Å²) in [4.78, 5) is 18.3. The fourth-order valence-corrected chi connectivity index (χ4v) is 8.89. The van der Waals surface area contributed by atoms with Crippen molar-refractivity contribution >= 4 is 0 Å². The molecule has 0 aliphatic carbocycles. The van der Waals surface area contributed by atoms with Crippen LogP contribution in [0.15, 0.2) is 24.3 Å². The molecule has 0 N–H and O–H groups in total. The maximum Gasteiger partial charge on any atom is 0.0465 e. The van der Waals surface area contributed by atoms with Crippen LogP contribution in [0.25, 0.3) is 45.0 Å². The zero-order valence-electron chi connectivity index (χ0n) is 54.9. The molecule has 0 amide bonds. The topological polar surface area (TPSA) is 51.6 Å². The molecule has 12 heteroatoms. The fraction of sp³-hybridized carbons (Fsp3) is 0.333. The SMILES string of the molecule is Cc1[c-]c(-c2cc(C)c(C)c(C)n2)c(C)c(C)c1C.Cc1[c-]c(-c2cc(C)c(C)c(C)n2)c(C)c(C)c1F.Cc1[c-]c(-c2cc(C)c(C)c(C)n2)c(F)c(C)c1C.Cc1[c-]c(-c2cc(C)c(C)c(C)n2)c(F)c(C)c1F.[CH3-].[CH3-].[CH3-].[CH3-].[Ir].[Ir].[Ir].[Ir]. The van der Waals surface area contributed by atoms with E-state index in [1.54, 1.807) is 13.8 Å². The van der Waals surface area contributed by atoms with E-state index in [0.717, 1.165) is 84.2 Å². The van der Waals surface area contributed by atoms with Gasteiger partial charge in [0.25, 0.3) is 0 Å². The van der Waals surface area contributed by atoms with Gasteiger partial charge in [-0.25, -0.2) is 0 Å². The van der Waals surface area contributed by atoms with Crippen LogP contribution in [0.1, 0.15) is 134 Å². The van der Waals surface area contributed by atoms with Crippen LogP contribution in [0.2, 0.25) is 0 Å². The molecule has 8 aromatic rings. The van der Waals surface area contributed by atoms with Crippen molar-refractivity contribution in [1.82, 2.24) is 19.9 Å². The van der Waals surface area contributed by atoms with Crippen molar-refractivity contribution in [2.75, 3.05) is 0 Å². The van der Waals surface area contributed by atoms with Gasteiger partial charge in [0, 0.05) is 126 Å². The molecule has 4 radical (unpaired) electrons. The molecule has 4 aromatic carbocycles. The Morgan fingerprint density at radius 2 is 0.452 bits per heavy atom. The number of nitrogens with zero attached hydrogens (tertiary/aromatic N) is 4. The van der Waals surface area contributed by atoms with Gasteiger partial charge in [-0.1, -0.05) is 169 Å². The molecule has 4 nitrogen and oxygen atoms in total. The Hall–Kier alpha value is -4.20. The third-order valence-electron chi connectivity index (χ3n) is 15.9. The van der Waals surface area contributed by atoms with Crippen molar-refractivity contribution in [3.63, 3.8) is 0 Å². The molecule has 8 rings (SSSR count). The van der Waals surface area contributed by atoms with Crippen LogP contribution < -0.4 is 0 Å². The van der Waals surface area contributed by atoms with Gasteiger partial charge < -0.3 is 49.6 Å². The van der Waals surface area contributed by atoms with E-state index in [9.17, 15) is 17.6 Å². The van der Waals surface area contributed by atoms with Crippen molar-refractivity contribution < 1.29 is 98.0 Å². The first-order valence-electron chi connectivity index (χ1n) is 25.9. The molecule has 0 saturated carbocycles. The van der Waals surface area contributed by atoms with Crippen molar-refractivity contribution in [3.05, 3.63) is 236 Å². The maximum absolute atomic E-state index is 14.4. The van der Waals surface area contributed by atoms with Crippen LogP contribution in [0.3, 0.4) is 0 Å². The van der Waals surface area contributed by atoms with Crippen molar-refractivity contribution in [1.29, 1.82) is 0 Å². The number of halogens is 4. The number of rotatable bonds is 4. The summed E-state index contributed by atoms with van der Waals surface area (Å²) in [5.74, 6) is -1.50. The smallest absolute Gasteiger partial charge is 0.0465 e. The molecule has 84 heavy (non-hydrogen) atoms. The number of aromatic nitrogens is 4. The number of pyridine rings is 4. The van der Waals surface area contributed by atoms with E-state index >= 15 is 0 Å². The summed E-state index contributed by atoms with van der Waals surface area (Å²) in [6.07, 6.45) is 0. The number of hydrogen-bond donors (Lipinski definition) is 0. The van der Waals surface area contributed by atoms with Crippen LogP contribution in [0.4, 0.5) is 17.6 Å². The van der Waals surface area contributed by atoms with Gasteiger partial charge in [-0.15, -0.1) is 74.3 Å². The summed E-state index contributed by atoms with van der Waals surface area (Å²) in [6.45, 7) is 47.2. The summed E-state index contributed by atoms with van der Waals surface area (Å²) in [6, 6.07) is 20.5. The van der Waals surface area contributed by atoms with Crippen LogP contribution in [-0.2, 0) is 80.4 Å². The standard InChI is InChI=1S/C18H22N.2C17H19FN.C16H16F2N.4CH3.4Ir/c1-10-8-17(15(6)14(5)12(10)3)18-9-11(2)13(4)16(7)19-18;1-9-8-16(19-14(6)11(9)3)15-7-10(2)17(18)13(5)12(15)4;1-9-7-15(17(18)13(5)11(9)3)16-8-10(2)12(4)14(6)19-16;1-8-7-14(19-12(5)10(8)3)13-6-9(2)15(17)11(4)16(13)18;;;;;;;;/h9H,1-7H3;2*8H,1-6H3;7H,1-5H3;4*1H3;;;;/q8*-1;;;;. The first-order valence-corrected chi connectivity index (χ1v) is 25.9. The summed E-state index contributed by atoms with van der Waals surface area (Å²) in [7, 11) is 0. The van der Waals surface area contributed by atoms with Crippen molar-refractivity contribution in [3.8, 4) is 45.0 Å². The molecule has 0 atom stereocenters. The summed E-state index contributed by atoms with van der Waals surface area (Å²) in [5, 5.41) is 0. The predicted molar refractivity (Wildman–Crippen MR) is 333 cm³/mol. The number of hydrogen-bond acceptors (Lipinski definition) is 4. The zero-order valence-corrected chi connectivity index (χ0v) is 64.5. The summed E-state index contributed by atoms with van der Waals surface area (Å²) < 4.78 is 56.1. The normalized spacial score (nSPS) is 9.86. The molecular formula is C72H88F4Ir4N4-8. The zero-order chi connectivity index (χ0) is 57.3. The van der Waals surface area contributed by atoms with E-state index in [1.807, 2.05) is 95.2 Å². The molecule has 0 spiro atoms. The van der Waals surface area contributed by atoms with Crippen LogP contribution in [0.5, 0.6) is 0 Å². The Kier molecular flexibility index (Phi) is 36.5. The molecule has 0 unspecified atom stereocenters. The van der Waals surface area contributed by atoms with Crippen molar-refractivity contribution in [2.24, 2.45) is 0 Å². The average molecular weight is 1850 g/mol. The molecular weight excluding hydrogens is 1770 g/mol. The van der Waals surface area contributed by atoms with E-state index in [4.69, 9.17) is 4.98 Å². The summed E-state index contributed by atoms with van der Waals surface area (Å²) in [5.41, 5.74) is 29.5. The quantitative estimate of drug-likeness (QED) is 0.130. The largest absolute Gasteiger partial charge is 0.358 e. The first kappa shape index (κ1) is 86.2. The molecule has 4 heterocycles. The minimum atomic E-state index is -0.585. The van der Waals surface area contributed by atoms with Gasteiger partial charge >= 0.3 is 0 Å². The van der Waals surface area contributed by atoms with Gasteiger partial charge in [0.15, 0.2) is 0 Å². The minimum Gasteiger partial charge on any atom is -0.358 e. The van der Waals surface area contributed by atoms with Gasteiger partial charge in [0.2, 0.25) is 0 Å². The second-order valence-corrected chi connectivity index (χ2v) is 20.9. The van der Waals surface area contributed by atoms with E-state index in [0.29, 0.717) is 39.2 Å². The van der Waals surface area contributed by atoms with Gasteiger partial charge in [-0.3, -0.25) is 17.6 Å². The second-order valence-electron chi connectivity index (χ2n) is 20.9.